The van der Waals surface area contributed by atoms with E-state index >= 15 is 0 Å². The number of allylic oxidation sites excluding steroid dienone is 1. The number of hydrogen-bond acceptors (Lipinski definition) is 4. The van der Waals surface area contributed by atoms with Crippen molar-refractivity contribution in [3.63, 3.8) is 0 Å². The number of para-hydroxylation sites is 3. The van der Waals surface area contributed by atoms with Crippen molar-refractivity contribution in [1.82, 2.24) is 14.9 Å². The summed E-state index contributed by atoms with van der Waals surface area (Å²) >= 11 is 0. The van der Waals surface area contributed by atoms with Crippen LogP contribution in [0.4, 0.5) is 0 Å². The summed E-state index contributed by atoms with van der Waals surface area (Å²) < 4.78 is 13.1. The van der Waals surface area contributed by atoms with Gasteiger partial charge in [0.15, 0.2) is 0 Å². The second-order valence-corrected chi connectivity index (χ2v) is 6.65. The lowest BCUT2D eigenvalue weighted by Crippen LogP contribution is -2.29. The number of carbonyl (C=O) groups is 1. The van der Waals surface area contributed by atoms with Crippen LogP contribution in [-0.4, -0.2) is 42.3 Å². The van der Waals surface area contributed by atoms with Gasteiger partial charge in [0, 0.05) is 20.1 Å². The summed E-state index contributed by atoms with van der Waals surface area (Å²) in [6, 6.07) is 16.1. The number of methoxy groups -OCH3 is 1. The molecule has 1 aromatic heterocycles. The zero-order valence-electron chi connectivity index (χ0n) is 16.8. The topological polar surface area (TPSA) is 65.4 Å². The van der Waals surface area contributed by atoms with Gasteiger partial charge in [0.1, 0.15) is 24.8 Å². The number of benzene rings is 2. The zero-order chi connectivity index (χ0) is 20.5. The van der Waals surface area contributed by atoms with Gasteiger partial charge in [0.2, 0.25) is 5.91 Å². The van der Waals surface area contributed by atoms with Crippen LogP contribution < -0.4 is 10.1 Å². The Morgan fingerprint density at radius 1 is 1.21 bits per heavy atom. The number of aromatic nitrogens is 2. The molecular formula is C23H27N3O3. The first-order chi connectivity index (χ1) is 14.2. The fraction of sp³-hybridized carbons (Fsp3) is 0.304. The molecule has 0 aliphatic heterocycles. The van der Waals surface area contributed by atoms with E-state index in [0.717, 1.165) is 34.6 Å². The summed E-state index contributed by atoms with van der Waals surface area (Å²) in [6.07, 6.45) is 3.29. The van der Waals surface area contributed by atoms with Gasteiger partial charge in [-0.15, -0.1) is 6.58 Å². The van der Waals surface area contributed by atoms with Crippen molar-refractivity contribution in [2.45, 2.75) is 19.4 Å². The third-order valence-corrected chi connectivity index (χ3v) is 4.59. The van der Waals surface area contributed by atoms with Gasteiger partial charge in [-0.25, -0.2) is 4.98 Å². The predicted octanol–water partition coefficient (Wildman–Crippen LogP) is 3.15. The average Bonchev–Trinajstić information content (AvgIpc) is 3.07. The van der Waals surface area contributed by atoms with Crippen LogP contribution in [0.15, 0.2) is 61.2 Å². The van der Waals surface area contributed by atoms with Crippen LogP contribution in [0.1, 0.15) is 11.4 Å². The minimum absolute atomic E-state index is 0.0639. The molecule has 0 aliphatic carbocycles. The monoisotopic (exact) mass is 393 g/mol. The number of nitrogens with zero attached hydrogens (tertiary/aromatic N) is 2. The quantitative estimate of drug-likeness (QED) is 0.508. The van der Waals surface area contributed by atoms with Crippen LogP contribution in [0.5, 0.6) is 5.75 Å². The molecule has 1 heterocycles. The van der Waals surface area contributed by atoms with Gasteiger partial charge < -0.3 is 19.4 Å². The van der Waals surface area contributed by atoms with Crippen LogP contribution in [0.3, 0.4) is 0 Å². The Kier molecular flexibility index (Phi) is 7.41. The van der Waals surface area contributed by atoms with Gasteiger partial charge in [0.25, 0.3) is 0 Å². The molecule has 29 heavy (non-hydrogen) atoms. The first kappa shape index (κ1) is 20.6. The minimum Gasteiger partial charge on any atom is -0.491 e. The number of carbonyl (C=O) groups excluding carboxylic acids is 1. The van der Waals surface area contributed by atoms with Gasteiger partial charge >= 0.3 is 0 Å². The highest BCUT2D eigenvalue weighted by atomic mass is 16.5. The summed E-state index contributed by atoms with van der Waals surface area (Å²) in [5, 5.41) is 2.85. The molecule has 3 aromatic rings. The maximum absolute atomic E-state index is 11.6. The van der Waals surface area contributed by atoms with Crippen LogP contribution in [-0.2, 0) is 28.9 Å². The summed E-state index contributed by atoms with van der Waals surface area (Å²) in [6.45, 7) is 5.58. The standard InChI is InChI=1S/C23H27N3O3/c1-3-8-18-9-4-7-12-21(18)29-16-15-26-20-11-6-5-10-19(20)25-22(26)13-14-24-23(27)17-28-2/h3-7,9-12H,1,8,13-17H2,2H3,(H,24,27). The van der Waals surface area contributed by atoms with E-state index in [2.05, 4.69) is 28.6 Å². The van der Waals surface area contributed by atoms with E-state index in [0.29, 0.717) is 26.1 Å². The smallest absolute Gasteiger partial charge is 0.245 e. The van der Waals surface area contributed by atoms with E-state index in [1.807, 2.05) is 42.5 Å². The summed E-state index contributed by atoms with van der Waals surface area (Å²) in [5.74, 6) is 1.68. The molecule has 0 fully saturated rings. The van der Waals surface area contributed by atoms with Gasteiger partial charge in [-0.1, -0.05) is 36.4 Å². The fourth-order valence-corrected chi connectivity index (χ4v) is 3.28. The van der Waals surface area contributed by atoms with Crippen LogP contribution in [0.25, 0.3) is 11.0 Å². The highest BCUT2D eigenvalue weighted by Crippen LogP contribution is 2.20. The van der Waals surface area contributed by atoms with Crippen molar-refractivity contribution in [3.8, 4) is 5.75 Å². The molecule has 0 bridgehead atoms. The molecule has 152 valence electrons. The highest BCUT2D eigenvalue weighted by Gasteiger charge is 2.11. The molecule has 0 atom stereocenters. The molecule has 1 amide bonds. The van der Waals surface area contributed by atoms with Gasteiger partial charge in [-0.2, -0.15) is 0 Å². The summed E-state index contributed by atoms with van der Waals surface area (Å²) in [4.78, 5) is 16.4. The molecule has 1 N–H and O–H groups in total. The molecule has 6 nitrogen and oxygen atoms in total. The lowest BCUT2D eigenvalue weighted by atomic mass is 10.1. The SMILES string of the molecule is C=CCc1ccccc1OCCn1c(CCNC(=O)COC)nc2ccccc21. The first-order valence-electron chi connectivity index (χ1n) is 9.74. The van der Waals surface area contributed by atoms with Crippen molar-refractivity contribution in [3.05, 3.63) is 72.6 Å². The van der Waals surface area contributed by atoms with Crippen molar-refractivity contribution in [2.75, 3.05) is 26.9 Å². The number of ether oxygens (including phenoxy) is 2. The third-order valence-electron chi connectivity index (χ3n) is 4.59. The Balaban J connectivity index is 1.69. The Bertz CT molecular complexity index is 965. The predicted molar refractivity (Wildman–Crippen MR) is 114 cm³/mol. The summed E-state index contributed by atoms with van der Waals surface area (Å²) in [5.41, 5.74) is 3.13. The maximum atomic E-state index is 11.6. The Labute approximate surface area is 171 Å². The fourth-order valence-electron chi connectivity index (χ4n) is 3.28. The van der Waals surface area contributed by atoms with E-state index < -0.39 is 0 Å². The Morgan fingerprint density at radius 2 is 2.00 bits per heavy atom. The molecule has 2 aromatic carbocycles. The van der Waals surface area contributed by atoms with E-state index in [1.165, 1.54) is 7.11 Å². The van der Waals surface area contributed by atoms with Crippen molar-refractivity contribution >= 4 is 16.9 Å². The number of hydrogen-bond donors (Lipinski definition) is 1. The highest BCUT2D eigenvalue weighted by molar-refractivity contribution is 5.77. The Morgan fingerprint density at radius 3 is 2.83 bits per heavy atom. The van der Waals surface area contributed by atoms with E-state index in [9.17, 15) is 4.79 Å². The molecule has 0 saturated heterocycles. The van der Waals surface area contributed by atoms with Crippen LogP contribution in [0.2, 0.25) is 0 Å². The largest absolute Gasteiger partial charge is 0.491 e. The van der Waals surface area contributed by atoms with Crippen LogP contribution in [0, 0.1) is 0 Å². The number of nitrogens with one attached hydrogen (secondary N) is 1. The molecule has 0 saturated carbocycles. The number of amides is 1. The average molecular weight is 393 g/mol. The lowest BCUT2D eigenvalue weighted by Gasteiger charge is -2.13. The van der Waals surface area contributed by atoms with Crippen molar-refractivity contribution in [2.24, 2.45) is 0 Å². The van der Waals surface area contributed by atoms with Gasteiger partial charge in [-0.05, 0) is 30.2 Å². The summed E-state index contributed by atoms with van der Waals surface area (Å²) in [7, 11) is 1.51. The number of fused-ring (bicyclic) bond motifs is 1. The second kappa shape index (κ2) is 10.4. The Hall–Kier alpha value is -3.12. The van der Waals surface area contributed by atoms with E-state index in [4.69, 9.17) is 14.5 Å². The lowest BCUT2D eigenvalue weighted by molar-refractivity contribution is -0.124. The number of imidazole rings is 1. The minimum atomic E-state index is -0.127. The molecule has 6 heteroatoms. The van der Waals surface area contributed by atoms with Crippen molar-refractivity contribution in [1.29, 1.82) is 0 Å². The second-order valence-electron chi connectivity index (χ2n) is 6.65. The molecule has 0 spiro atoms. The molecule has 0 radical (unpaired) electrons. The van der Waals surface area contributed by atoms with Gasteiger partial charge in [0.05, 0.1) is 17.6 Å². The van der Waals surface area contributed by atoms with Crippen molar-refractivity contribution < 1.29 is 14.3 Å². The first-order valence-corrected chi connectivity index (χ1v) is 9.74. The molecule has 0 unspecified atom stereocenters. The normalized spacial score (nSPS) is 10.8. The van der Waals surface area contributed by atoms with Gasteiger partial charge in [-0.3, -0.25) is 4.79 Å². The maximum Gasteiger partial charge on any atom is 0.245 e. The molecule has 3 rings (SSSR count). The number of rotatable bonds is 11. The molecular weight excluding hydrogens is 366 g/mol. The van der Waals surface area contributed by atoms with E-state index in [1.54, 1.807) is 0 Å². The van der Waals surface area contributed by atoms with E-state index in [-0.39, 0.29) is 12.5 Å². The zero-order valence-corrected chi connectivity index (χ0v) is 16.8. The van der Waals surface area contributed by atoms with Crippen LogP contribution >= 0.6 is 0 Å². The third kappa shape index (κ3) is 5.45. The molecule has 0 aliphatic rings.